The third-order valence-electron chi connectivity index (χ3n) is 13.9. The summed E-state index contributed by atoms with van der Waals surface area (Å²) in [6.07, 6.45) is 8.39. The van der Waals surface area contributed by atoms with E-state index in [1.54, 1.807) is 23.5 Å². The molecule has 5 aromatic rings. The molecule has 0 spiro atoms. The number of nitrogens with one attached hydrogen (secondary N) is 3. The molecule has 1 aliphatic carbocycles. The standard InChI is InChI=1S/C49H60N12O5S/c1-28-42(67-27-54-28)31-11-9-29(10-12-31)21-51-45(64)40-19-36(62)26-60(40)46(65)43(49(2,3)4)56-48(66)55-33-15-13-30(14-16-33)32-22-52-47(53-23-32)61-34-17-18-35(61)25-59(24-34)39-20-38(57-58-44(39)50)37-7-5-6-8-41(37)63/h5-12,20,22-23,27,30,33-36,40,43,62-63H,13-19,21,24-26H2,1-4H3,(H2,50,58)(H,51,64)(H2,55,56,66)/t30?,33?,34?,35?,36-,40+,43-/m1/s1. The third kappa shape index (κ3) is 9.86. The number of fused-ring (bicyclic) bond motifs is 2. The second-order valence-corrected chi connectivity index (χ2v) is 20.4. The Hall–Kier alpha value is -6.40. The van der Waals surface area contributed by atoms with Crippen LogP contribution in [0.25, 0.3) is 21.7 Å². The first-order valence-corrected chi connectivity index (χ1v) is 24.2. The highest BCUT2D eigenvalue weighted by atomic mass is 32.1. The molecular formula is C49H60N12O5S. The molecule has 1 saturated carbocycles. The number of benzene rings is 2. The molecule has 2 unspecified atom stereocenters. The van der Waals surface area contributed by atoms with Gasteiger partial charge in [-0.2, -0.15) is 0 Å². The van der Waals surface area contributed by atoms with Gasteiger partial charge in [-0.25, -0.2) is 19.7 Å². The summed E-state index contributed by atoms with van der Waals surface area (Å²) < 4.78 is 0. The van der Waals surface area contributed by atoms with Gasteiger partial charge < -0.3 is 46.6 Å². The number of anilines is 3. The van der Waals surface area contributed by atoms with Gasteiger partial charge in [-0.15, -0.1) is 21.5 Å². The molecule has 7 N–H and O–H groups in total. The largest absolute Gasteiger partial charge is 0.507 e. The predicted molar refractivity (Wildman–Crippen MR) is 257 cm³/mol. The molecule has 2 bridgehead atoms. The zero-order chi connectivity index (χ0) is 47.0. The number of carbonyl (C=O) groups excluding carboxylic acids is 3. The maximum Gasteiger partial charge on any atom is 0.315 e. The Labute approximate surface area is 394 Å². The highest BCUT2D eigenvalue weighted by Crippen LogP contribution is 2.39. The smallest absolute Gasteiger partial charge is 0.315 e. The lowest BCUT2D eigenvalue weighted by Crippen LogP contribution is -2.59. The van der Waals surface area contributed by atoms with E-state index < -0.39 is 35.5 Å². The van der Waals surface area contributed by atoms with Gasteiger partial charge in [0.2, 0.25) is 17.8 Å². The van der Waals surface area contributed by atoms with Crippen LogP contribution >= 0.6 is 11.3 Å². The number of nitrogen functional groups attached to an aromatic ring is 1. The van der Waals surface area contributed by atoms with Gasteiger partial charge in [0.05, 0.1) is 33.6 Å². The molecule has 18 heteroatoms. The van der Waals surface area contributed by atoms with Gasteiger partial charge in [0.15, 0.2) is 5.82 Å². The number of aliphatic hydroxyl groups excluding tert-OH is 1. The number of phenols is 1. The molecule has 0 radical (unpaired) electrons. The van der Waals surface area contributed by atoms with Crippen molar-refractivity contribution in [3.8, 4) is 27.4 Å². The van der Waals surface area contributed by atoms with Crippen LogP contribution in [0, 0.1) is 12.3 Å². The SMILES string of the molecule is Cc1ncsc1-c1ccc(CNC(=O)[C@@H]2C[C@@H](O)CN2C(=O)[C@@H](NC(=O)NC2CCC(c3cnc(N4C5CCC4CN(c4cc(-c6ccccc6O)nnc4N)C5)nc3)CC2)C(C)(C)C)cc1. The summed E-state index contributed by atoms with van der Waals surface area (Å²) in [4.78, 5) is 62.6. The number of aromatic nitrogens is 5. The summed E-state index contributed by atoms with van der Waals surface area (Å²) in [6, 6.07) is 15.0. The molecule has 4 amide bonds. The number of carbonyl (C=O) groups is 3. The zero-order valence-electron chi connectivity index (χ0n) is 38.4. The van der Waals surface area contributed by atoms with Gasteiger partial charge in [-0.3, -0.25) is 9.59 Å². The van der Waals surface area contributed by atoms with E-state index in [0.29, 0.717) is 17.1 Å². The maximum atomic E-state index is 14.2. The first kappa shape index (κ1) is 45.7. The second kappa shape index (κ2) is 19.1. The number of phenolic OH excluding ortho intramolecular Hbond substituents is 1. The molecule has 6 heterocycles. The van der Waals surface area contributed by atoms with E-state index in [2.05, 4.69) is 40.9 Å². The molecule has 3 aliphatic heterocycles. The topological polar surface area (TPSA) is 228 Å². The first-order chi connectivity index (χ1) is 32.2. The molecule has 5 atom stereocenters. The predicted octanol–water partition coefficient (Wildman–Crippen LogP) is 5.53. The number of aliphatic hydroxyl groups is 1. The fraction of sp³-hybridized carbons (Fsp3) is 0.469. The summed E-state index contributed by atoms with van der Waals surface area (Å²) >= 11 is 1.58. The monoisotopic (exact) mass is 928 g/mol. The zero-order valence-corrected chi connectivity index (χ0v) is 39.2. The van der Waals surface area contributed by atoms with Crippen LogP contribution in [0.2, 0.25) is 0 Å². The number of amides is 4. The lowest BCUT2D eigenvalue weighted by atomic mass is 9.82. The van der Waals surface area contributed by atoms with Crippen LogP contribution in [0.5, 0.6) is 5.75 Å². The Balaban J connectivity index is 0.760. The Morgan fingerprint density at radius 2 is 1.61 bits per heavy atom. The van der Waals surface area contributed by atoms with Crippen molar-refractivity contribution in [2.24, 2.45) is 5.41 Å². The number of rotatable bonds is 11. The van der Waals surface area contributed by atoms with E-state index >= 15 is 0 Å². The van der Waals surface area contributed by atoms with Crippen LogP contribution in [0.4, 0.5) is 22.2 Å². The molecule has 9 rings (SSSR count). The summed E-state index contributed by atoms with van der Waals surface area (Å²) in [5.41, 5.74) is 13.5. The van der Waals surface area contributed by atoms with Crippen molar-refractivity contribution < 1.29 is 24.6 Å². The minimum absolute atomic E-state index is 0.00558. The highest BCUT2D eigenvalue weighted by Gasteiger charge is 2.45. The van der Waals surface area contributed by atoms with Crippen LogP contribution in [0.15, 0.2) is 72.5 Å². The number of piperazine rings is 1. The van der Waals surface area contributed by atoms with Crippen LogP contribution in [-0.2, 0) is 16.1 Å². The Morgan fingerprint density at radius 1 is 0.910 bits per heavy atom. The maximum absolute atomic E-state index is 14.2. The minimum atomic E-state index is -0.935. The summed E-state index contributed by atoms with van der Waals surface area (Å²) in [6.45, 7) is 9.35. The molecule has 3 saturated heterocycles. The molecule has 17 nitrogen and oxygen atoms in total. The number of thiazole rings is 1. The number of para-hydroxylation sites is 1. The van der Waals surface area contributed by atoms with Crippen LogP contribution < -0.4 is 31.5 Å². The molecule has 4 aliphatic rings. The van der Waals surface area contributed by atoms with Gasteiger partial charge in [0.25, 0.3) is 0 Å². The van der Waals surface area contributed by atoms with Gasteiger partial charge in [0.1, 0.15) is 17.8 Å². The number of urea groups is 1. The van der Waals surface area contributed by atoms with E-state index in [1.165, 1.54) is 4.90 Å². The second-order valence-electron chi connectivity index (χ2n) is 19.6. The summed E-state index contributed by atoms with van der Waals surface area (Å²) in [5.74, 6) is 0.725. The van der Waals surface area contributed by atoms with Crippen LogP contribution in [0.1, 0.15) is 88.5 Å². The number of aryl methyl sites for hydroxylation is 1. The van der Waals surface area contributed by atoms with Crippen LogP contribution in [0.3, 0.4) is 0 Å². The van der Waals surface area contributed by atoms with Gasteiger partial charge in [0, 0.05) is 68.7 Å². The Morgan fingerprint density at radius 3 is 2.27 bits per heavy atom. The average molecular weight is 929 g/mol. The van der Waals surface area contributed by atoms with Crippen LogP contribution in [-0.4, -0.2) is 114 Å². The molecule has 3 aromatic heterocycles. The van der Waals surface area contributed by atoms with Gasteiger partial charge in [-0.1, -0.05) is 57.2 Å². The quantitative estimate of drug-likeness (QED) is 0.0960. The lowest BCUT2D eigenvalue weighted by Gasteiger charge is -2.42. The normalized spacial score (nSPS) is 23.2. The fourth-order valence-corrected chi connectivity index (χ4v) is 11.1. The molecular weight excluding hydrogens is 869 g/mol. The molecule has 2 aromatic carbocycles. The van der Waals surface area contributed by atoms with E-state index in [-0.39, 0.29) is 55.2 Å². The van der Waals surface area contributed by atoms with Gasteiger partial charge in [-0.05, 0) is 91.7 Å². The highest BCUT2D eigenvalue weighted by molar-refractivity contribution is 7.13. The van der Waals surface area contributed by atoms with Crippen molar-refractivity contribution >= 4 is 46.6 Å². The molecule has 67 heavy (non-hydrogen) atoms. The first-order valence-electron chi connectivity index (χ1n) is 23.3. The van der Waals surface area contributed by atoms with Crippen molar-refractivity contribution in [2.45, 2.75) is 121 Å². The number of nitrogens with zero attached hydrogens (tertiary/aromatic N) is 8. The van der Waals surface area contributed by atoms with E-state index in [4.69, 9.17) is 15.7 Å². The lowest BCUT2D eigenvalue weighted by molar-refractivity contribution is -0.142. The molecule has 4 fully saturated rings. The molecule has 352 valence electrons. The average Bonchev–Trinajstić information content (AvgIpc) is 4.01. The van der Waals surface area contributed by atoms with E-state index in [0.717, 1.165) is 90.5 Å². The van der Waals surface area contributed by atoms with Gasteiger partial charge >= 0.3 is 6.03 Å². The number of aromatic hydroxyl groups is 1. The summed E-state index contributed by atoms with van der Waals surface area (Å²) in [7, 11) is 0. The third-order valence-corrected chi connectivity index (χ3v) is 14.9. The van der Waals surface area contributed by atoms with Crippen molar-refractivity contribution in [2.75, 3.05) is 35.2 Å². The fourth-order valence-electron chi connectivity index (χ4n) is 10.3. The number of nitrogens with two attached hydrogens (primary N) is 1. The number of β-amino-alcohol motifs (C(OH)–C–C–N with tert-alkyl or cyclic N) is 1. The Bertz CT molecular complexity index is 2560. The number of hydrogen-bond acceptors (Lipinski definition) is 14. The number of likely N-dealkylation sites (tertiary alicyclic amines) is 1. The van der Waals surface area contributed by atoms with E-state index in [1.807, 2.05) is 88.1 Å². The minimum Gasteiger partial charge on any atom is -0.507 e. The van der Waals surface area contributed by atoms with E-state index in [9.17, 15) is 24.6 Å². The van der Waals surface area contributed by atoms with Crippen molar-refractivity contribution in [3.63, 3.8) is 0 Å². The van der Waals surface area contributed by atoms with Crippen molar-refractivity contribution in [1.29, 1.82) is 0 Å². The Kier molecular flexibility index (Phi) is 13.0. The van der Waals surface area contributed by atoms with Crippen molar-refractivity contribution in [3.05, 3.63) is 89.3 Å². The van der Waals surface area contributed by atoms with Crippen molar-refractivity contribution in [1.82, 2.24) is 46.0 Å². The summed E-state index contributed by atoms with van der Waals surface area (Å²) in [5, 5.41) is 38.6. The number of hydrogen-bond donors (Lipinski definition) is 6.